The number of allylic oxidation sites excluding steroid dienone is 1. The van der Waals surface area contributed by atoms with Gasteiger partial charge in [0, 0.05) is 18.7 Å². The fraction of sp³-hybridized carbons (Fsp3) is 0.227. The Balaban J connectivity index is 1.94. The van der Waals surface area contributed by atoms with Gasteiger partial charge in [-0.1, -0.05) is 18.2 Å². The number of ether oxygens (including phenoxy) is 1. The number of ketones is 1. The van der Waals surface area contributed by atoms with E-state index in [1.165, 1.54) is 30.3 Å². The molecule has 0 atom stereocenters. The normalized spacial score (nSPS) is 11.3. The van der Waals surface area contributed by atoms with E-state index in [-0.39, 0.29) is 36.2 Å². The van der Waals surface area contributed by atoms with Crippen molar-refractivity contribution in [3.63, 3.8) is 0 Å². The molecular formula is C22H24N2O7S. The van der Waals surface area contributed by atoms with Gasteiger partial charge in [-0.25, -0.2) is 13.1 Å². The molecular weight excluding hydrogens is 436 g/mol. The Morgan fingerprint density at radius 2 is 1.69 bits per heavy atom. The Morgan fingerprint density at radius 1 is 1.03 bits per heavy atom. The lowest BCUT2D eigenvalue weighted by Crippen LogP contribution is -2.28. The van der Waals surface area contributed by atoms with Gasteiger partial charge in [0.15, 0.2) is 12.4 Å². The molecule has 0 spiro atoms. The highest BCUT2D eigenvalue weighted by Gasteiger charge is 2.14. The maximum atomic E-state index is 12.3. The van der Waals surface area contributed by atoms with Crippen LogP contribution < -0.4 is 14.8 Å². The van der Waals surface area contributed by atoms with E-state index in [0.29, 0.717) is 17.9 Å². The van der Waals surface area contributed by atoms with E-state index in [1.54, 1.807) is 30.3 Å². The molecule has 9 nitrogen and oxygen atoms in total. The van der Waals surface area contributed by atoms with E-state index in [4.69, 9.17) is 9.84 Å². The van der Waals surface area contributed by atoms with Gasteiger partial charge in [0.1, 0.15) is 5.75 Å². The number of carbonyl (C=O) groups excluding carboxylic acids is 2. The van der Waals surface area contributed by atoms with Crippen LogP contribution in [-0.4, -0.2) is 50.9 Å². The van der Waals surface area contributed by atoms with Crippen LogP contribution in [0.3, 0.4) is 0 Å². The topological polar surface area (TPSA) is 139 Å². The van der Waals surface area contributed by atoms with Crippen molar-refractivity contribution in [2.24, 2.45) is 0 Å². The van der Waals surface area contributed by atoms with E-state index in [2.05, 4.69) is 10.0 Å². The summed E-state index contributed by atoms with van der Waals surface area (Å²) in [6, 6.07) is 12.2. The summed E-state index contributed by atoms with van der Waals surface area (Å²) >= 11 is 0. The number of likely N-dealkylation sites (N-methyl/N-ethyl adjacent to an activating group) is 1. The van der Waals surface area contributed by atoms with E-state index in [0.717, 1.165) is 5.56 Å². The number of rotatable bonds is 12. The molecule has 0 aliphatic rings. The Kier molecular flexibility index (Phi) is 9.11. The van der Waals surface area contributed by atoms with Crippen molar-refractivity contribution in [2.45, 2.75) is 18.2 Å². The van der Waals surface area contributed by atoms with Crippen LogP contribution in [0, 0.1) is 0 Å². The predicted octanol–water partition coefficient (Wildman–Crippen LogP) is 1.85. The van der Waals surface area contributed by atoms with E-state index >= 15 is 0 Å². The summed E-state index contributed by atoms with van der Waals surface area (Å²) in [6.07, 6.45) is 2.63. The number of benzene rings is 2. The van der Waals surface area contributed by atoms with Gasteiger partial charge in [-0.2, -0.15) is 0 Å². The van der Waals surface area contributed by atoms with E-state index in [1.807, 2.05) is 6.92 Å². The van der Waals surface area contributed by atoms with Gasteiger partial charge in [-0.3, -0.25) is 14.4 Å². The molecule has 0 radical (unpaired) electrons. The smallest absolute Gasteiger partial charge is 0.304 e. The molecule has 170 valence electrons. The molecule has 0 heterocycles. The van der Waals surface area contributed by atoms with Crippen LogP contribution in [0.4, 0.5) is 0 Å². The fourth-order valence-electron chi connectivity index (χ4n) is 2.51. The number of aliphatic carboxylic acids is 1. The summed E-state index contributed by atoms with van der Waals surface area (Å²) < 4.78 is 31.8. The number of carboxylic acid groups (broad SMARTS) is 1. The molecule has 0 unspecified atom stereocenters. The average Bonchev–Trinajstić information content (AvgIpc) is 2.76. The summed E-state index contributed by atoms with van der Waals surface area (Å²) in [5, 5.41) is 11.2. The number of sulfonamides is 1. The summed E-state index contributed by atoms with van der Waals surface area (Å²) in [5.74, 6) is -1.11. The molecule has 0 bridgehead atoms. The number of carboxylic acids is 1. The minimum Gasteiger partial charge on any atom is -0.484 e. The second-order valence-corrected chi connectivity index (χ2v) is 8.34. The molecule has 0 fully saturated rings. The number of hydrogen-bond acceptors (Lipinski definition) is 6. The molecule has 32 heavy (non-hydrogen) atoms. The first-order chi connectivity index (χ1) is 15.2. The van der Waals surface area contributed by atoms with E-state index in [9.17, 15) is 22.8 Å². The lowest BCUT2D eigenvalue weighted by molar-refractivity contribution is -0.136. The number of amides is 1. The quantitative estimate of drug-likeness (QED) is 0.324. The highest BCUT2D eigenvalue weighted by atomic mass is 32.2. The van der Waals surface area contributed by atoms with Crippen LogP contribution in [0.15, 0.2) is 59.5 Å². The Bertz CT molecular complexity index is 1080. The molecule has 0 saturated heterocycles. The van der Waals surface area contributed by atoms with Gasteiger partial charge < -0.3 is 15.2 Å². The Labute approximate surface area is 186 Å². The minimum atomic E-state index is -3.85. The van der Waals surface area contributed by atoms with Crippen LogP contribution in [0.5, 0.6) is 5.75 Å². The van der Waals surface area contributed by atoms with Gasteiger partial charge in [-0.15, -0.1) is 0 Å². The molecule has 0 aliphatic carbocycles. The van der Waals surface area contributed by atoms with E-state index < -0.39 is 16.0 Å². The zero-order valence-electron chi connectivity index (χ0n) is 17.4. The van der Waals surface area contributed by atoms with Crippen molar-refractivity contribution < 1.29 is 32.6 Å². The average molecular weight is 461 g/mol. The Hall–Kier alpha value is -3.50. The van der Waals surface area contributed by atoms with Gasteiger partial charge in [0.05, 0.1) is 11.3 Å². The predicted molar refractivity (Wildman–Crippen MR) is 118 cm³/mol. The van der Waals surface area contributed by atoms with Crippen LogP contribution in [-0.2, 0) is 19.6 Å². The first-order valence-electron chi connectivity index (χ1n) is 9.75. The van der Waals surface area contributed by atoms with Crippen molar-refractivity contribution in [2.75, 3.05) is 19.7 Å². The second-order valence-electron chi connectivity index (χ2n) is 6.57. The Morgan fingerprint density at radius 3 is 2.28 bits per heavy atom. The van der Waals surface area contributed by atoms with Crippen molar-refractivity contribution in [1.82, 2.24) is 10.0 Å². The lowest BCUT2D eigenvalue weighted by atomic mass is 10.1. The highest BCUT2D eigenvalue weighted by Crippen LogP contribution is 2.15. The van der Waals surface area contributed by atoms with Gasteiger partial charge in [-0.05, 0) is 55.0 Å². The molecule has 10 heteroatoms. The number of nitrogens with one attached hydrogen (secondary N) is 2. The molecule has 2 aromatic carbocycles. The molecule has 2 rings (SSSR count). The zero-order chi connectivity index (χ0) is 23.6. The number of carbonyl (C=O) groups is 3. The monoisotopic (exact) mass is 460 g/mol. The molecule has 3 N–H and O–H groups in total. The summed E-state index contributed by atoms with van der Waals surface area (Å²) in [5.41, 5.74) is 1.04. The summed E-state index contributed by atoms with van der Waals surface area (Å²) in [6.45, 7) is 2.04. The van der Waals surface area contributed by atoms with Gasteiger partial charge >= 0.3 is 5.97 Å². The fourth-order valence-corrected chi connectivity index (χ4v) is 3.55. The van der Waals surface area contributed by atoms with Crippen molar-refractivity contribution >= 4 is 33.8 Å². The van der Waals surface area contributed by atoms with Crippen LogP contribution in [0.1, 0.15) is 29.3 Å². The van der Waals surface area contributed by atoms with Crippen LogP contribution in [0.2, 0.25) is 0 Å². The van der Waals surface area contributed by atoms with Crippen LogP contribution >= 0.6 is 0 Å². The summed E-state index contributed by atoms with van der Waals surface area (Å²) in [4.78, 5) is 34.2. The lowest BCUT2D eigenvalue weighted by Gasteiger charge is -2.06. The maximum Gasteiger partial charge on any atom is 0.304 e. The highest BCUT2D eigenvalue weighted by molar-refractivity contribution is 7.89. The van der Waals surface area contributed by atoms with Crippen molar-refractivity contribution in [3.05, 3.63) is 65.7 Å². The third kappa shape index (κ3) is 7.97. The first-order valence-corrected chi connectivity index (χ1v) is 11.2. The summed E-state index contributed by atoms with van der Waals surface area (Å²) in [7, 11) is -3.85. The standard InChI is InChI=1S/C22H24N2O7S/c1-2-23-21(26)15-31-18-8-3-16(4-9-18)5-12-20(25)17-6-10-19(11-7-17)32(29,30)24-14-13-22(27)28/h3-12,24H,2,13-15H2,1H3,(H,23,26)(H,27,28)/b12-5+. The largest absolute Gasteiger partial charge is 0.484 e. The molecule has 0 saturated carbocycles. The molecule has 1 amide bonds. The second kappa shape index (κ2) is 11.8. The molecule has 2 aromatic rings. The maximum absolute atomic E-state index is 12.3. The van der Waals surface area contributed by atoms with Gasteiger partial charge in [0.25, 0.3) is 5.91 Å². The van der Waals surface area contributed by atoms with Gasteiger partial charge in [0.2, 0.25) is 10.0 Å². The van der Waals surface area contributed by atoms with Crippen LogP contribution in [0.25, 0.3) is 6.08 Å². The third-order valence-electron chi connectivity index (χ3n) is 4.13. The molecule has 0 aliphatic heterocycles. The van der Waals surface area contributed by atoms with Crippen molar-refractivity contribution in [3.8, 4) is 5.75 Å². The first kappa shape index (κ1) is 24.8. The minimum absolute atomic E-state index is 0.0633. The SMILES string of the molecule is CCNC(=O)COc1ccc(/C=C/C(=O)c2ccc(S(=O)(=O)NCCC(=O)O)cc2)cc1. The zero-order valence-corrected chi connectivity index (χ0v) is 18.2. The van der Waals surface area contributed by atoms with Crippen molar-refractivity contribution in [1.29, 1.82) is 0 Å². The number of hydrogen-bond donors (Lipinski definition) is 3. The molecule has 0 aromatic heterocycles. The third-order valence-corrected chi connectivity index (χ3v) is 5.61.